The van der Waals surface area contributed by atoms with Crippen LogP contribution < -0.4 is 10.1 Å². The van der Waals surface area contributed by atoms with Crippen LogP contribution in [-0.4, -0.2) is 24.0 Å². The van der Waals surface area contributed by atoms with E-state index in [4.69, 9.17) is 9.47 Å². The van der Waals surface area contributed by atoms with Gasteiger partial charge in [0.15, 0.2) is 0 Å². The molecule has 2 aromatic carbocycles. The SMILES string of the molecule is COC(=O)c1ccc2c(c1)C(NC(=O)c1cccnc1)c1ccccc1CO2. The molecule has 0 spiro atoms. The molecular weight excluding hydrogens is 356 g/mol. The predicted molar refractivity (Wildman–Crippen MR) is 102 cm³/mol. The molecule has 1 aliphatic rings. The van der Waals surface area contributed by atoms with Crippen molar-refractivity contribution in [2.24, 2.45) is 0 Å². The van der Waals surface area contributed by atoms with E-state index in [0.29, 0.717) is 29.0 Å². The second-order valence-electron chi connectivity index (χ2n) is 6.38. The van der Waals surface area contributed by atoms with E-state index in [2.05, 4.69) is 10.3 Å². The van der Waals surface area contributed by atoms with Crippen LogP contribution in [0.5, 0.6) is 5.75 Å². The van der Waals surface area contributed by atoms with Crippen molar-refractivity contribution in [1.29, 1.82) is 0 Å². The number of fused-ring (bicyclic) bond motifs is 2. The maximum atomic E-state index is 12.8. The fourth-order valence-electron chi connectivity index (χ4n) is 3.29. The number of amides is 1. The van der Waals surface area contributed by atoms with Gasteiger partial charge in [-0.25, -0.2) is 4.79 Å². The highest BCUT2D eigenvalue weighted by molar-refractivity contribution is 5.94. The Balaban J connectivity index is 1.81. The van der Waals surface area contributed by atoms with Crippen molar-refractivity contribution >= 4 is 11.9 Å². The maximum Gasteiger partial charge on any atom is 0.337 e. The first-order valence-corrected chi connectivity index (χ1v) is 8.81. The van der Waals surface area contributed by atoms with Gasteiger partial charge >= 0.3 is 5.97 Å². The smallest absolute Gasteiger partial charge is 0.337 e. The molecule has 0 saturated carbocycles. The Kier molecular flexibility index (Phi) is 4.76. The predicted octanol–water partition coefficient (Wildman–Crippen LogP) is 3.28. The van der Waals surface area contributed by atoms with Crippen LogP contribution in [0.25, 0.3) is 0 Å². The number of nitrogens with one attached hydrogen (secondary N) is 1. The summed E-state index contributed by atoms with van der Waals surface area (Å²) in [6.07, 6.45) is 3.13. The number of methoxy groups -OCH3 is 1. The Labute approximate surface area is 162 Å². The third kappa shape index (κ3) is 3.32. The standard InChI is InChI=1S/C22H18N2O4/c1-27-22(26)14-8-9-19-18(11-14)20(17-7-3-2-5-16(17)13-28-19)24-21(25)15-6-4-10-23-12-15/h2-12,20H,13H2,1H3,(H,24,25). The van der Waals surface area contributed by atoms with Crippen LogP contribution >= 0.6 is 0 Å². The molecule has 1 atom stereocenters. The van der Waals surface area contributed by atoms with E-state index in [-0.39, 0.29) is 5.91 Å². The van der Waals surface area contributed by atoms with Crippen LogP contribution in [0, 0.1) is 0 Å². The lowest BCUT2D eigenvalue weighted by atomic mass is 9.93. The summed E-state index contributed by atoms with van der Waals surface area (Å²) in [6.45, 7) is 0.375. The second-order valence-corrected chi connectivity index (χ2v) is 6.38. The average Bonchev–Trinajstić information content (AvgIpc) is 2.90. The van der Waals surface area contributed by atoms with Crippen LogP contribution in [0.3, 0.4) is 0 Å². The van der Waals surface area contributed by atoms with Gasteiger partial charge < -0.3 is 14.8 Å². The monoisotopic (exact) mass is 374 g/mol. The van der Waals surface area contributed by atoms with Gasteiger partial charge in [0, 0.05) is 18.0 Å². The van der Waals surface area contributed by atoms with Crippen LogP contribution in [0.4, 0.5) is 0 Å². The van der Waals surface area contributed by atoms with Gasteiger partial charge in [-0.1, -0.05) is 24.3 Å². The molecule has 1 aromatic heterocycles. The fraction of sp³-hybridized carbons (Fsp3) is 0.136. The summed E-state index contributed by atoms with van der Waals surface area (Å²) in [5, 5.41) is 3.06. The number of benzene rings is 2. The Bertz CT molecular complexity index is 1030. The number of nitrogens with zero attached hydrogens (tertiary/aromatic N) is 1. The number of hydrogen-bond acceptors (Lipinski definition) is 5. The lowest BCUT2D eigenvalue weighted by Crippen LogP contribution is -2.29. The molecule has 6 nitrogen and oxygen atoms in total. The minimum Gasteiger partial charge on any atom is -0.489 e. The number of esters is 1. The fourth-order valence-corrected chi connectivity index (χ4v) is 3.29. The van der Waals surface area contributed by atoms with Crippen LogP contribution in [0.15, 0.2) is 67.0 Å². The van der Waals surface area contributed by atoms with Gasteiger partial charge in [0.25, 0.3) is 5.91 Å². The topological polar surface area (TPSA) is 77.5 Å². The first-order chi connectivity index (χ1) is 13.7. The molecule has 4 rings (SSSR count). The molecule has 28 heavy (non-hydrogen) atoms. The molecule has 0 radical (unpaired) electrons. The first kappa shape index (κ1) is 17.7. The molecule has 0 aliphatic carbocycles. The summed E-state index contributed by atoms with van der Waals surface area (Å²) in [5.74, 6) is -0.0952. The number of carbonyl (C=O) groups is 2. The molecule has 140 valence electrons. The van der Waals surface area contributed by atoms with E-state index < -0.39 is 12.0 Å². The number of ether oxygens (including phenoxy) is 2. The maximum absolute atomic E-state index is 12.8. The Morgan fingerprint density at radius 1 is 1.07 bits per heavy atom. The van der Waals surface area contributed by atoms with Crippen LogP contribution in [-0.2, 0) is 11.3 Å². The van der Waals surface area contributed by atoms with E-state index in [9.17, 15) is 9.59 Å². The molecule has 2 heterocycles. The summed E-state index contributed by atoms with van der Waals surface area (Å²) in [6, 6.07) is 15.8. The highest BCUT2D eigenvalue weighted by Gasteiger charge is 2.27. The van der Waals surface area contributed by atoms with Crippen molar-refractivity contribution in [2.45, 2.75) is 12.6 Å². The largest absolute Gasteiger partial charge is 0.489 e. The highest BCUT2D eigenvalue weighted by atomic mass is 16.5. The Morgan fingerprint density at radius 2 is 1.93 bits per heavy atom. The number of hydrogen-bond donors (Lipinski definition) is 1. The summed E-state index contributed by atoms with van der Waals surface area (Å²) in [4.78, 5) is 28.9. The molecule has 1 aliphatic heterocycles. The average molecular weight is 374 g/mol. The number of rotatable bonds is 3. The zero-order chi connectivity index (χ0) is 19.5. The molecule has 1 unspecified atom stereocenters. The van der Waals surface area contributed by atoms with Gasteiger partial charge in [-0.05, 0) is 41.5 Å². The van der Waals surface area contributed by atoms with E-state index in [0.717, 1.165) is 11.1 Å². The highest BCUT2D eigenvalue weighted by Crippen LogP contribution is 2.36. The van der Waals surface area contributed by atoms with E-state index >= 15 is 0 Å². The molecule has 3 aromatic rings. The quantitative estimate of drug-likeness (QED) is 0.712. The lowest BCUT2D eigenvalue weighted by molar-refractivity contribution is 0.0600. The van der Waals surface area contributed by atoms with E-state index in [1.807, 2.05) is 24.3 Å². The van der Waals surface area contributed by atoms with Crippen LogP contribution in [0.1, 0.15) is 43.4 Å². The van der Waals surface area contributed by atoms with E-state index in [1.165, 1.54) is 13.3 Å². The molecule has 6 heteroatoms. The summed E-state index contributed by atoms with van der Waals surface area (Å²) in [5.41, 5.74) is 3.43. The van der Waals surface area contributed by atoms with Gasteiger partial charge in [0.1, 0.15) is 12.4 Å². The minimum absolute atomic E-state index is 0.260. The molecule has 1 amide bonds. The van der Waals surface area contributed by atoms with Gasteiger partial charge in [-0.2, -0.15) is 0 Å². The summed E-state index contributed by atoms with van der Waals surface area (Å²) < 4.78 is 10.8. The molecule has 1 N–H and O–H groups in total. The Hall–Kier alpha value is -3.67. The zero-order valence-corrected chi connectivity index (χ0v) is 15.2. The van der Waals surface area contributed by atoms with Gasteiger partial charge in [0.2, 0.25) is 0 Å². The van der Waals surface area contributed by atoms with Gasteiger partial charge in [-0.15, -0.1) is 0 Å². The number of carbonyl (C=O) groups excluding carboxylic acids is 2. The first-order valence-electron chi connectivity index (χ1n) is 8.81. The van der Waals surface area contributed by atoms with Crippen molar-refractivity contribution in [1.82, 2.24) is 10.3 Å². The normalized spacial score (nSPS) is 14.7. The minimum atomic E-state index is -0.481. The zero-order valence-electron chi connectivity index (χ0n) is 15.2. The third-order valence-corrected chi connectivity index (χ3v) is 4.69. The lowest BCUT2D eigenvalue weighted by Gasteiger charge is -2.21. The van der Waals surface area contributed by atoms with Gasteiger partial charge in [0.05, 0.1) is 24.3 Å². The number of aromatic nitrogens is 1. The summed E-state index contributed by atoms with van der Waals surface area (Å²) in [7, 11) is 1.33. The molecule has 0 fully saturated rings. The van der Waals surface area contributed by atoms with Crippen molar-refractivity contribution in [3.05, 3.63) is 94.8 Å². The van der Waals surface area contributed by atoms with Crippen molar-refractivity contribution in [3.63, 3.8) is 0 Å². The van der Waals surface area contributed by atoms with Crippen molar-refractivity contribution in [3.8, 4) is 5.75 Å². The molecular formula is C22H18N2O4. The molecule has 0 bridgehead atoms. The van der Waals surface area contributed by atoms with Crippen molar-refractivity contribution < 1.29 is 19.1 Å². The number of pyridine rings is 1. The van der Waals surface area contributed by atoms with Crippen molar-refractivity contribution in [2.75, 3.05) is 7.11 Å². The summed E-state index contributed by atoms with van der Waals surface area (Å²) >= 11 is 0. The van der Waals surface area contributed by atoms with E-state index in [1.54, 1.807) is 36.5 Å². The Morgan fingerprint density at radius 3 is 2.71 bits per heavy atom. The molecule has 0 saturated heterocycles. The third-order valence-electron chi connectivity index (χ3n) is 4.69. The second kappa shape index (κ2) is 7.52. The van der Waals surface area contributed by atoms with Gasteiger partial charge in [-0.3, -0.25) is 9.78 Å². The van der Waals surface area contributed by atoms with Crippen LogP contribution in [0.2, 0.25) is 0 Å².